The molecule has 0 radical (unpaired) electrons. The van der Waals surface area contributed by atoms with E-state index >= 15 is 0 Å². The number of carbonyl (C=O) groups is 1. The van der Waals surface area contributed by atoms with Gasteiger partial charge in [-0.3, -0.25) is 9.69 Å². The summed E-state index contributed by atoms with van der Waals surface area (Å²) < 4.78 is 17.5. The third kappa shape index (κ3) is 3.65. The van der Waals surface area contributed by atoms with Gasteiger partial charge in [0.2, 0.25) is 23.2 Å². The van der Waals surface area contributed by atoms with Gasteiger partial charge in [0.05, 0.1) is 25.5 Å². The molecule has 0 fully saturated rings. The summed E-state index contributed by atoms with van der Waals surface area (Å²) in [6.07, 6.45) is 1.31. The van der Waals surface area contributed by atoms with Gasteiger partial charge in [0.15, 0.2) is 17.2 Å². The highest BCUT2D eigenvalue weighted by Gasteiger charge is 2.37. The van der Waals surface area contributed by atoms with E-state index in [-0.39, 0.29) is 12.3 Å². The quantitative estimate of drug-likeness (QED) is 0.550. The van der Waals surface area contributed by atoms with Crippen LogP contribution in [0.25, 0.3) is 11.3 Å². The molecule has 8 nitrogen and oxygen atoms in total. The average molecular weight is 439 g/mol. The van der Waals surface area contributed by atoms with Crippen molar-refractivity contribution >= 4 is 23.4 Å². The van der Waals surface area contributed by atoms with Crippen LogP contribution in [0.4, 0.5) is 5.69 Å². The maximum Gasteiger partial charge on any atom is 0.247 e. The Morgan fingerprint density at radius 2 is 1.94 bits per heavy atom. The number of benzene rings is 2. The summed E-state index contributed by atoms with van der Waals surface area (Å²) in [6.45, 7) is 1.81. The standard InChI is InChI=1S/C22H22N4O4S/c1-5-17(27)26-15-11-7-6-9-13(15)18-20(23-22(31-4)25-24-18)30-21(26)14-10-8-12-16(28-2)19(14)29-3/h6-12,21H,5H2,1-4H3. The van der Waals surface area contributed by atoms with Crippen molar-refractivity contribution < 1.29 is 19.0 Å². The summed E-state index contributed by atoms with van der Waals surface area (Å²) in [7, 11) is 3.12. The van der Waals surface area contributed by atoms with E-state index in [1.807, 2.05) is 49.6 Å². The topological polar surface area (TPSA) is 86.7 Å². The number of rotatable bonds is 5. The molecule has 1 amide bonds. The number of nitrogens with zero attached hydrogens (tertiary/aromatic N) is 4. The molecule has 1 unspecified atom stereocenters. The molecule has 160 valence electrons. The summed E-state index contributed by atoms with van der Waals surface area (Å²) in [4.78, 5) is 19.4. The predicted octanol–water partition coefficient (Wildman–Crippen LogP) is 4.11. The van der Waals surface area contributed by atoms with Gasteiger partial charge in [-0.2, -0.15) is 4.98 Å². The highest BCUT2D eigenvalue weighted by molar-refractivity contribution is 7.98. The van der Waals surface area contributed by atoms with Crippen LogP contribution in [0, 0.1) is 0 Å². The molecule has 9 heteroatoms. The molecule has 0 bridgehead atoms. The largest absolute Gasteiger partial charge is 0.493 e. The molecule has 4 rings (SSSR count). The lowest BCUT2D eigenvalue weighted by Gasteiger charge is -2.31. The molecule has 2 heterocycles. The average Bonchev–Trinajstić information content (AvgIpc) is 2.97. The van der Waals surface area contributed by atoms with Crippen LogP contribution in [-0.2, 0) is 4.79 Å². The Labute approximate surface area is 184 Å². The van der Waals surface area contributed by atoms with Crippen molar-refractivity contribution in [1.29, 1.82) is 0 Å². The maximum absolute atomic E-state index is 13.2. The van der Waals surface area contributed by atoms with Crippen molar-refractivity contribution in [3.63, 3.8) is 0 Å². The van der Waals surface area contributed by atoms with Crippen molar-refractivity contribution in [3.8, 4) is 28.6 Å². The van der Waals surface area contributed by atoms with Gasteiger partial charge in [-0.25, -0.2) is 0 Å². The highest BCUT2D eigenvalue weighted by atomic mass is 32.2. The van der Waals surface area contributed by atoms with Gasteiger partial charge in [-0.1, -0.05) is 43.0 Å². The Balaban J connectivity index is 2.01. The zero-order chi connectivity index (χ0) is 22.0. The number of methoxy groups -OCH3 is 2. The number of para-hydroxylation sites is 2. The fraction of sp³-hybridized carbons (Fsp3) is 0.273. The number of amides is 1. The minimum absolute atomic E-state index is 0.117. The smallest absolute Gasteiger partial charge is 0.247 e. The van der Waals surface area contributed by atoms with Crippen LogP contribution in [0.1, 0.15) is 25.1 Å². The van der Waals surface area contributed by atoms with Crippen molar-refractivity contribution in [2.75, 3.05) is 25.4 Å². The SMILES string of the molecule is CCC(=O)N1c2ccccc2-c2nnc(SC)nc2OC1c1cccc(OC)c1OC. The predicted molar refractivity (Wildman–Crippen MR) is 118 cm³/mol. The zero-order valence-corrected chi connectivity index (χ0v) is 18.5. The molecule has 0 N–H and O–H groups in total. The van der Waals surface area contributed by atoms with Crippen LogP contribution in [0.15, 0.2) is 47.6 Å². The zero-order valence-electron chi connectivity index (χ0n) is 17.7. The van der Waals surface area contributed by atoms with E-state index in [2.05, 4.69) is 15.2 Å². The first-order chi connectivity index (χ1) is 15.1. The first kappa shape index (κ1) is 20.9. The number of anilines is 1. The molecular formula is C22H22N4O4S. The number of ether oxygens (including phenoxy) is 3. The van der Waals surface area contributed by atoms with E-state index in [1.165, 1.54) is 11.8 Å². The minimum atomic E-state index is -0.841. The summed E-state index contributed by atoms with van der Waals surface area (Å²) in [5.41, 5.74) is 2.49. The number of aromatic nitrogens is 3. The lowest BCUT2D eigenvalue weighted by molar-refractivity contribution is -0.120. The van der Waals surface area contributed by atoms with Crippen LogP contribution in [0.5, 0.6) is 17.4 Å². The maximum atomic E-state index is 13.2. The van der Waals surface area contributed by atoms with Crippen molar-refractivity contribution in [2.45, 2.75) is 24.7 Å². The van der Waals surface area contributed by atoms with Crippen LogP contribution in [-0.4, -0.2) is 41.6 Å². The number of fused-ring (bicyclic) bond motifs is 3. The number of hydrogen-bond donors (Lipinski definition) is 0. The monoisotopic (exact) mass is 438 g/mol. The normalized spacial score (nSPS) is 14.7. The number of hydrogen-bond acceptors (Lipinski definition) is 8. The molecule has 0 saturated carbocycles. The highest BCUT2D eigenvalue weighted by Crippen LogP contribution is 2.46. The number of thioether (sulfide) groups is 1. The fourth-order valence-electron chi connectivity index (χ4n) is 3.55. The Morgan fingerprint density at radius 3 is 2.65 bits per heavy atom. The van der Waals surface area contributed by atoms with E-state index in [0.29, 0.717) is 39.5 Å². The summed E-state index contributed by atoms with van der Waals surface area (Å²) in [5.74, 6) is 1.20. The second kappa shape index (κ2) is 8.81. The Kier molecular flexibility index (Phi) is 5.94. The molecule has 0 aliphatic carbocycles. The lowest BCUT2D eigenvalue weighted by Crippen LogP contribution is -2.37. The molecule has 2 aromatic carbocycles. The molecule has 1 aliphatic heterocycles. The second-order valence-electron chi connectivity index (χ2n) is 6.64. The molecule has 1 atom stereocenters. The molecule has 0 saturated heterocycles. The number of carbonyl (C=O) groups excluding carboxylic acids is 1. The van der Waals surface area contributed by atoms with Gasteiger partial charge in [-0.05, 0) is 24.5 Å². The Bertz CT molecular complexity index is 1120. The van der Waals surface area contributed by atoms with Crippen LogP contribution >= 0.6 is 11.8 Å². The van der Waals surface area contributed by atoms with Crippen LogP contribution < -0.4 is 19.1 Å². The lowest BCUT2D eigenvalue weighted by atomic mass is 10.1. The van der Waals surface area contributed by atoms with E-state index in [4.69, 9.17) is 14.2 Å². The molecule has 1 aliphatic rings. The van der Waals surface area contributed by atoms with Gasteiger partial charge in [0, 0.05) is 12.0 Å². The third-order valence-electron chi connectivity index (χ3n) is 4.96. The van der Waals surface area contributed by atoms with E-state index in [9.17, 15) is 4.79 Å². The Morgan fingerprint density at radius 1 is 1.13 bits per heavy atom. The van der Waals surface area contributed by atoms with Gasteiger partial charge in [0.25, 0.3) is 0 Å². The van der Waals surface area contributed by atoms with Gasteiger partial charge in [0.1, 0.15) is 0 Å². The molecule has 3 aromatic rings. The molecule has 31 heavy (non-hydrogen) atoms. The first-order valence-electron chi connectivity index (χ1n) is 9.70. The Hall–Kier alpha value is -3.33. The van der Waals surface area contributed by atoms with Crippen LogP contribution in [0.2, 0.25) is 0 Å². The minimum Gasteiger partial charge on any atom is -0.493 e. The van der Waals surface area contributed by atoms with E-state index in [0.717, 1.165) is 5.56 Å². The van der Waals surface area contributed by atoms with Gasteiger partial charge < -0.3 is 14.2 Å². The molecule has 1 aromatic heterocycles. The first-order valence-corrected chi connectivity index (χ1v) is 10.9. The van der Waals surface area contributed by atoms with Crippen LogP contribution in [0.3, 0.4) is 0 Å². The van der Waals surface area contributed by atoms with Crippen molar-refractivity contribution in [3.05, 3.63) is 48.0 Å². The van der Waals surface area contributed by atoms with E-state index < -0.39 is 6.23 Å². The fourth-order valence-corrected chi connectivity index (χ4v) is 3.85. The van der Waals surface area contributed by atoms with E-state index in [1.54, 1.807) is 25.2 Å². The third-order valence-corrected chi connectivity index (χ3v) is 5.50. The summed E-state index contributed by atoms with van der Waals surface area (Å²) in [5, 5.41) is 9.01. The molecular weight excluding hydrogens is 416 g/mol. The van der Waals surface area contributed by atoms with Crippen molar-refractivity contribution in [2.24, 2.45) is 0 Å². The summed E-state index contributed by atoms with van der Waals surface area (Å²) in [6, 6.07) is 13.0. The van der Waals surface area contributed by atoms with Gasteiger partial charge in [-0.15, -0.1) is 10.2 Å². The second-order valence-corrected chi connectivity index (χ2v) is 7.41. The van der Waals surface area contributed by atoms with Gasteiger partial charge >= 0.3 is 0 Å². The van der Waals surface area contributed by atoms with Crippen molar-refractivity contribution in [1.82, 2.24) is 15.2 Å². The molecule has 0 spiro atoms. The summed E-state index contributed by atoms with van der Waals surface area (Å²) >= 11 is 1.36.